The number of benzene rings is 2. The summed E-state index contributed by atoms with van der Waals surface area (Å²) in [7, 11) is 0. The van der Waals surface area contributed by atoms with E-state index in [2.05, 4.69) is 30.1 Å². The van der Waals surface area contributed by atoms with Crippen LogP contribution in [0.3, 0.4) is 0 Å². The van der Waals surface area contributed by atoms with E-state index in [1.807, 2.05) is 46.9 Å². The number of hydrogen-bond acceptors (Lipinski definition) is 5. The molecule has 0 unspecified atom stereocenters. The van der Waals surface area contributed by atoms with Crippen LogP contribution in [0.2, 0.25) is 0 Å². The number of aryl methyl sites for hydroxylation is 2. The summed E-state index contributed by atoms with van der Waals surface area (Å²) in [4.78, 5) is 24.1. The van der Waals surface area contributed by atoms with Crippen LogP contribution in [0.5, 0.6) is 5.75 Å². The van der Waals surface area contributed by atoms with Crippen LogP contribution in [0.4, 0.5) is 5.13 Å². The number of carbonyl (C=O) groups is 1. The highest BCUT2D eigenvalue weighted by Gasteiger charge is 2.20. The molecule has 0 aliphatic rings. The molecule has 0 bridgehead atoms. The maximum absolute atomic E-state index is 13.4. The molecule has 2 heterocycles. The van der Waals surface area contributed by atoms with Gasteiger partial charge in [0, 0.05) is 25.5 Å². The summed E-state index contributed by atoms with van der Waals surface area (Å²) >= 11 is 1.59. The molecule has 0 fully saturated rings. The molecule has 0 saturated heterocycles. The van der Waals surface area contributed by atoms with E-state index in [1.54, 1.807) is 23.9 Å². The molecule has 0 N–H and O–H groups in total. The Morgan fingerprint density at radius 1 is 1.12 bits per heavy atom. The standard InChI is InChI=1S/C25H28N4O2S/c1-3-19-8-11-22-23(16-19)32-25(27-22)29(14-5-13-28-15-12-26-18-28)24(30)17-20-6-9-21(10-7-20)31-4-2/h6-12,15-16,18H,3-5,13-14,17H2,1-2H3. The quantitative estimate of drug-likeness (QED) is 0.338. The summed E-state index contributed by atoms with van der Waals surface area (Å²) in [5.74, 6) is 0.869. The van der Waals surface area contributed by atoms with Crippen molar-refractivity contribution in [2.75, 3.05) is 18.1 Å². The number of ether oxygens (including phenoxy) is 1. The van der Waals surface area contributed by atoms with Crippen molar-refractivity contribution in [3.8, 4) is 5.75 Å². The van der Waals surface area contributed by atoms with Crippen molar-refractivity contribution in [1.29, 1.82) is 0 Å². The van der Waals surface area contributed by atoms with Crippen LogP contribution in [0, 0.1) is 0 Å². The highest BCUT2D eigenvalue weighted by Crippen LogP contribution is 2.30. The molecule has 0 radical (unpaired) electrons. The molecule has 166 valence electrons. The number of amides is 1. The minimum Gasteiger partial charge on any atom is -0.494 e. The Morgan fingerprint density at radius 3 is 2.66 bits per heavy atom. The summed E-state index contributed by atoms with van der Waals surface area (Å²) in [6.45, 7) is 6.14. The first-order valence-electron chi connectivity index (χ1n) is 11.0. The predicted molar refractivity (Wildman–Crippen MR) is 130 cm³/mol. The highest BCUT2D eigenvalue weighted by molar-refractivity contribution is 7.22. The first kappa shape index (κ1) is 22.0. The van der Waals surface area contributed by atoms with Gasteiger partial charge in [-0.3, -0.25) is 9.69 Å². The summed E-state index contributed by atoms with van der Waals surface area (Å²) in [5, 5.41) is 0.759. The van der Waals surface area contributed by atoms with E-state index in [-0.39, 0.29) is 5.91 Å². The van der Waals surface area contributed by atoms with Gasteiger partial charge in [-0.1, -0.05) is 36.5 Å². The largest absolute Gasteiger partial charge is 0.494 e. The molecule has 0 atom stereocenters. The molecular weight excluding hydrogens is 420 g/mol. The SMILES string of the molecule is CCOc1ccc(CC(=O)N(CCCn2ccnc2)c2nc3ccc(CC)cc3s2)cc1. The number of rotatable bonds is 10. The van der Waals surface area contributed by atoms with Crippen LogP contribution in [0.15, 0.2) is 61.2 Å². The summed E-state index contributed by atoms with van der Waals surface area (Å²) in [6, 6.07) is 14.1. The van der Waals surface area contributed by atoms with Crippen LogP contribution in [0.25, 0.3) is 10.2 Å². The maximum atomic E-state index is 13.4. The lowest BCUT2D eigenvalue weighted by atomic mass is 10.1. The van der Waals surface area contributed by atoms with Crippen LogP contribution in [-0.4, -0.2) is 33.6 Å². The molecule has 2 aromatic carbocycles. The molecule has 0 aliphatic carbocycles. The first-order valence-corrected chi connectivity index (χ1v) is 11.8. The highest BCUT2D eigenvalue weighted by atomic mass is 32.1. The van der Waals surface area contributed by atoms with Gasteiger partial charge in [0.25, 0.3) is 0 Å². The van der Waals surface area contributed by atoms with E-state index in [0.717, 1.165) is 46.0 Å². The fraction of sp³-hybridized carbons (Fsp3) is 0.320. The number of anilines is 1. The topological polar surface area (TPSA) is 60.2 Å². The van der Waals surface area contributed by atoms with Crippen molar-refractivity contribution in [2.24, 2.45) is 0 Å². The number of hydrogen-bond donors (Lipinski definition) is 0. The van der Waals surface area contributed by atoms with Crippen molar-refractivity contribution >= 4 is 32.6 Å². The number of imidazole rings is 1. The van der Waals surface area contributed by atoms with Gasteiger partial charge in [0.05, 0.1) is 29.6 Å². The number of fused-ring (bicyclic) bond motifs is 1. The molecule has 2 aromatic heterocycles. The van der Waals surface area contributed by atoms with Gasteiger partial charge < -0.3 is 9.30 Å². The van der Waals surface area contributed by atoms with Crippen molar-refractivity contribution in [3.63, 3.8) is 0 Å². The summed E-state index contributed by atoms with van der Waals surface area (Å²) < 4.78 is 8.66. The number of carbonyl (C=O) groups excluding carboxylic acids is 1. The normalized spacial score (nSPS) is 11.1. The van der Waals surface area contributed by atoms with Gasteiger partial charge in [0.2, 0.25) is 5.91 Å². The third-order valence-corrected chi connectivity index (χ3v) is 6.37. The molecule has 0 spiro atoms. The lowest BCUT2D eigenvalue weighted by Crippen LogP contribution is -2.33. The van der Waals surface area contributed by atoms with Gasteiger partial charge in [0.15, 0.2) is 5.13 Å². The Bertz CT molecular complexity index is 1150. The van der Waals surface area contributed by atoms with E-state index in [9.17, 15) is 4.79 Å². The Morgan fingerprint density at radius 2 is 1.94 bits per heavy atom. The summed E-state index contributed by atoms with van der Waals surface area (Å²) in [6.07, 6.45) is 7.64. The second kappa shape index (κ2) is 10.4. The lowest BCUT2D eigenvalue weighted by Gasteiger charge is -2.20. The minimum absolute atomic E-state index is 0.0505. The van der Waals surface area contributed by atoms with Gasteiger partial charge in [-0.25, -0.2) is 9.97 Å². The monoisotopic (exact) mass is 448 g/mol. The van der Waals surface area contributed by atoms with Crippen LogP contribution in [0.1, 0.15) is 31.4 Å². The van der Waals surface area contributed by atoms with Crippen molar-refractivity contribution < 1.29 is 9.53 Å². The Balaban J connectivity index is 1.54. The van der Waals surface area contributed by atoms with E-state index < -0.39 is 0 Å². The van der Waals surface area contributed by atoms with E-state index in [4.69, 9.17) is 9.72 Å². The average molecular weight is 449 g/mol. The zero-order valence-electron chi connectivity index (χ0n) is 18.5. The van der Waals surface area contributed by atoms with Gasteiger partial charge in [-0.15, -0.1) is 0 Å². The third-order valence-electron chi connectivity index (χ3n) is 5.33. The molecule has 4 aromatic rings. The third kappa shape index (κ3) is 5.34. The molecule has 4 rings (SSSR count). The Hall–Kier alpha value is -3.19. The molecule has 0 saturated carbocycles. The van der Waals surface area contributed by atoms with Gasteiger partial charge >= 0.3 is 0 Å². The second-order valence-corrected chi connectivity index (χ2v) is 8.61. The van der Waals surface area contributed by atoms with Crippen LogP contribution >= 0.6 is 11.3 Å². The fourth-order valence-corrected chi connectivity index (χ4v) is 4.66. The number of nitrogens with zero attached hydrogens (tertiary/aromatic N) is 4. The van der Waals surface area contributed by atoms with Crippen molar-refractivity contribution in [3.05, 3.63) is 72.3 Å². The molecule has 7 heteroatoms. The minimum atomic E-state index is 0.0505. The Labute approximate surface area is 192 Å². The molecule has 6 nitrogen and oxygen atoms in total. The van der Waals surface area contributed by atoms with Gasteiger partial charge in [-0.05, 0) is 55.2 Å². The van der Waals surface area contributed by atoms with Gasteiger partial charge in [-0.2, -0.15) is 0 Å². The maximum Gasteiger partial charge on any atom is 0.233 e. The lowest BCUT2D eigenvalue weighted by molar-refractivity contribution is -0.118. The number of thiazole rings is 1. The predicted octanol–water partition coefficient (Wildman–Crippen LogP) is 5.12. The van der Waals surface area contributed by atoms with E-state index in [0.29, 0.717) is 19.6 Å². The van der Waals surface area contributed by atoms with E-state index in [1.165, 1.54) is 5.56 Å². The summed E-state index contributed by atoms with van der Waals surface area (Å²) in [5.41, 5.74) is 3.18. The molecular formula is C25H28N4O2S. The fourth-order valence-electron chi connectivity index (χ4n) is 3.59. The Kier molecular flexibility index (Phi) is 7.17. The first-order chi connectivity index (χ1) is 15.7. The molecule has 32 heavy (non-hydrogen) atoms. The van der Waals surface area contributed by atoms with Crippen LogP contribution in [-0.2, 0) is 24.2 Å². The number of aromatic nitrogens is 3. The zero-order valence-corrected chi connectivity index (χ0v) is 19.3. The van der Waals surface area contributed by atoms with Crippen LogP contribution < -0.4 is 9.64 Å². The van der Waals surface area contributed by atoms with E-state index >= 15 is 0 Å². The van der Waals surface area contributed by atoms with Gasteiger partial charge in [0.1, 0.15) is 5.75 Å². The molecule has 0 aliphatic heterocycles. The second-order valence-electron chi connectivity index (χ2n) is 7.61. The van der Waals surface area contributed by atoms with Crippen molar-refractivity contribution in [1.82, 2.24) is 14.5 Å². The zero-order chi connectivity index (χ0) is 22.3. The average Bonchev–Trinajstić information content (AvgIpc) is 3.47. The smallest absolute Gasteiger partial charge is 0.233 e. The molecule has 1 amide bonds. The van der Waals surface area contributed by atoms with Crippen molar-refractivity contribution in [2.45, 2.75) is 39.7 Å².